The molecule has 0 saturated carbocycles. The van der Waals surface area contributed by atoms with Crippen molar-refractivity contribution in [3.63, 3.8) is 0 Å². The summed E-state index contributed by atoms with van der Waals surface area (Å²) in [6, 6.07) is 9.27. The van der Waals surface area contributed by atoms with Crippen LogP contribution < -0.4 is 11.1 Å². The molecule has 3 aromatic heterocycles. The molecule has 7 heteroatoms. The molecule has 4 rings (SSSR count). The second-order valence-electron chi connectivity index (χ2n) is 5.47. The minimum Gasteiger partial charge on any atom is -0.346 e. The van der Waals surface area contributed by atoms with E-state index in [0.29, 0.717) is 11.3 Å². The number of nitrogens with zero attached hydrogens (tertiary/aromatic N) is 2. The standard InChI is InChI=1S/C18H15N5OS/c19-10-12-9-11(18-22-7-8-25-18)1-2-13(12)17(24)23-15-4-6-21-16-14(15)3-5-20-16/h1-9H,10,19H2,(H2,20,21,23,24). The maximum Gasteiger partial charge on any atom is 0.256 e. The number of nitrogens with two attached hydrogens (primary N) is 1. The Morgan fingerprint density at radius 2 is 2.12 bits per heavy atom. The van der Waals surface area contributed by atoms with Gasteiger partial charge in [-0.05, 0) is 29.8 Å². The molecule has 0 saturated heterocycles. The first kappa shape index (κ1) is 15.5. The van der Waals surface area contributed by atoms with Crippen molar-refractivity contribution in [1.82, 2.24) is 15.0 Å². The van der Waals surface area contributed by atoms with Gasteiger partial charge in [0.1, 0.15) is 10.7 Å². The Bertz CT molecular complexity index is 1040. The smallest absolute Gasteiger partial charge is 0.256 e. The topological polar surface area (TPSA) is 96.7 Å². The number of pyridine rings is 1. The Labute approximate surface area is 147 Å². The van der Waals surface area contributed by atoms with E-state index in [0.717, 1.165) is 27.2 Å². The number of aromatic amines is 1. The number of nitrogens with one attached hydrogen (secondary N) is 2. The van der Waals surface area contributed by atoms with Crippen molar-refractivity contribution < 1.29 is 4.79 Å². The molecule has 124 valence electrons. The van der Waals surface area contributed by atoms with Gasteiger partial charge in [-0.2, -0.15) is 0 Å². The molecule has 1 amide bonds. The first-order valence-corrected chi connectivity index (χ1v) is 8.60. The molecule has 0 aliphatic carbocycles. The number of hydrogen-bond acceptors (Lipinski definition) is 5. The zero-order chi connectivity index (χ0) is 17.2. The highest BCUT2D eigenvalue weighted by Crippen LogP contribution is 2.26. The molecule has 0 radical (unpaired) electrons. The molecular weight excluding hydrogens is 334 g/mol. The molecule has 0 bridgehead atoms. The minimum absolute atomic E-state index is 0.195. The Balaban J connectivity index is 1.67. The van der Waals surface area contributed by atoms with E-state index in [1.54, 1.807) is 42.1 Å². The molecule has 0 aliphatic rings. The maximum absolute atomic E-state index is 12.7. The summed E-state index contributed by atoms with van der Waals surface area (Å²) in [6.07, 6.45) is 5.21. The van der Waals surface area contributed by atoms with Crippen molar-refractivity contribution in [1.29, 1.82) is 0 Å². The number of hydrogen-bond donors (Lipinski definition) is 3. The normalized spacial score (nSPS) is 10.9. The number of carbonyl (C=O) groups is 1. The monoisotopic (exact) mass is 349 g/mol. The minimum atomic E-state index is -0.195. The van der Waals surface area contributed by atoms with E-state index in [4.69, 9.17) is 5.73 Å². The second-order valence-corrected chi connectivity index (χ2v) is 6.36. The molecule has 1 aromatic carbocycles. The van der Waals surface area contributed by atoms with Gasteiger partial charge < -0.3 is 16.0 Å². The Kier molecular flexibility index (Phi) is 4.01. The lowest BCUT2D eigenvalue weighted by atomic mass is 10.0. The molecule has 0 unspecified atom stereocenters. The quantitative estimate of drug-likeness (QED) is 0.526. The maximum atomic E-state index is 12.7. The third-order valence-corrected chi connectivity index (χ3v) is 4.78. The van der Waals surface area contributed by atoms with Crippen molar-refractivity contribution in [2.75, 3.05) is 5.32 Å². The van der Waals surface area contributed by atoms with Crippen LogP contribution in [-0.2, 0) is 6.54 Å². The van der Waals surface area contributed by atoms with Crippen LogP contribution in [0.4, 0.5) is 5.69 Å². The summed E-state index contributed by atoms with van der Waals surface area (Å²) in [6.45, 7) is 0.276. The number of carbonyl (C=O) groups excluding carboxylic acids is 1. The van der Waals surface area contributed by atoms with Gasteiger partial charge in [-0.25, -0.2) is 9.97 Å². The molecule has 0 atom stereocenters. The third kappa shape index (κ3) is 2.90. The second kappa shape index (κ2) is 6.46. The molecule has 25 heavy (non-hydrogen) atoms. The van der Waals surface area contributed by atoms with Gasteiger partial charge in [0.25, 0.3) is 5.91 Å². The lowest BCUT2D eigenvalue weighted by molar-refractivity contribution is 0.102. The summed E-state index contributed by atoms with van der Waals surface area (Å²) in [5, 5.41) is 6.64. The van der Waals surface area contributed by atoms with Crippen molar-refractivity contribution in [2.24, 2.45) is 5.73 Å². The molecule has 4 N–H and O–H groups in total. The predicted molar refractivity (Wildman–Crippen MR) is 99.5 cm³/mol. The molecule has 0 fully saturated rings. The highest BCUT2D eigenvalue weighted by Gasteiger charge is 2.14. The Morgan fingerprint density at radius 3 is 2.92 bits per heavy atom. The number of aromatic nitrogens is 3. The van der Waals surface area contributed by atoms with Crippen LogP contribution in [0.15, 0.2) is 54.3 Å². The first-order valence-electron chi connectivity index (χ1n) is 7.72. The van der Waals surface area contributed by atoms with E-state index in [1.165, 1.54) is 0 Å². The van der Waals surface area contributed by atoms with E-state index in [1.807, 2.05) is 23.6 Å². The lowest BCUT2D eigenvalue weighted by Gasteiger charge is -2.11. The highest BCUT2D eigenvalue weighted by molar-refractivity contribution is 7.13. The fourth-order valence-corrected chi connectivity index (χ4v) is 3.38. The largest absolute Gasteiger partial charge is 0.346 e. The fourth-order valence-electron chi connectivity index (χ4n) is 2.74. The van der Waals surface area contributed by atoms with Crippen LogP contribution in [0.2, 0.25) is 0 Å². The molecule has 6 nitrogen and oxygen atoms in total. The summed E-state index contributed by atoms with van der Waals surface area (Å²) in [7, 11) is 0. The van der Waals surface area contributed by atoms with Crippen LogP contribution in [0.25, 0.3) is 21.6 Å². The number of rotatable bonds is 4. The predicted octanol–water partition coefficient (Wildman–Crippen LogP) is 3.40. The number of H-pyrrole nitrogens is 1. The van der Waals surface area contributed by atoms with Gasteiger partial charge in [0.2, 0.25) is 0 Å². The number of fused-ring (bicyclic) bond motifs is 1. The molecular formula is C18H15N5OS. The van der Waals surface area contributed by atoms with E-state index >= 15 is 0 Å². The molecule has 3 heterocycles. The first-order chi connectivity index (χ1) is 12.3. The van der Waals surface area contributed by atoms with Crippen LogP contribution in [0, 0.1) is 0 Å². The van der Waals surface area contributed by atoms with Gasteiger partial charge >= 0.3 is 0 Å². The molecule has 0 spiro atoms. The Hall–Kier alpha value is -3.03. The van der Waals surface area contributed by atoms with Gasteiger partial charge in [0.05, 0.1) is 5.69 Å². The van der Waals surface area contributed by atoms with Gasteiger partial charge in [0, 0.05) is 47.0 Å². The number of thiazole rings is 1. The average molecular weight is 349 g/mol. The Morgan fingerprint density at radius 1 is 1.20 bits per heavy atom. The zero-order valence-electron chi connectivity index (χ0n) is 13.2. The van der Waals surface area contributed by atoms with Crippen LogP contribution in [-0.4, -0.2) is 20.9 Å². The van der Waals surface area contributed by atoms with Crippen LogP contribution in [0.5, 0.6) is 0 Å². The van der Waals surface area contributed by atoms with Gasteiger partial charge in [-0.15, -0.1) is 11.3 Å². The summed E-state index contributed by atoms with van der Waals surface area (Å²) in [5.74, 6) is -0.195. The van der Waals surface area contributed by atoms with Crippen LogP contribution in [0.1, 0.15) is 15.9 Å². The van der Waals surface area contributed by atoms with Crippen LogP contribution in [0.3, 0.4) is 0 Å². The lowest BCUT2D eigenvalue weighted by Crippen LogP contribution is -2.16. The van der Waals surface area contributed by atoms with Crippen molar-refractivity contribution in [3.8, 4) is 10.6 Å². The van der Waals surface area contributed by atoms with Gasteiger partial charge in [0.15, 0.2) is 0 Å². The van der Waals surface area contributed by atoms with E-state index < -0.39 is 0 Å². The number of anilines is 1. The van der Waals surface area contributed by atoms with Gasteiger partial charge in [-0.1, -0.05) is 6.07 Å². The zero-order valence-corrected chi connectivity index (χ0v) is 14.0. The SMILES string of the molecule is NCc1cc(-c2nccs2)ccc1C(=O)Nc1ccnc2[nH]ccc12. The number of benzene rings is 1. The average Bonchev–Trinajstić information content (AvgIpc) is 3.33. The number of amides is 1. The van der Waals surface area contributed by atoms with Crippen molar-refractivity contribution >= 4 is 34.0 Å². The third-order valence-electron chi connectivity index (χ3n) is 3.96. The van der Waals surface area contributed by atoms with Crippen molar-refractivity contribution in [2.45, 2.75) is 6.54 Å². The van der Waals surface area contributed by atoms with E-state index in [-0.39, 0.29) is 12.5 Å². The summed E-state index contributed by atoms with van der Waals surface area (Å²) in [5.41, 5.74) is 9.61. The summed E-state index contributed by atoms with van der Waals surface area (Å²) in [4.78, 5) is 24.3. The summed E-state index contributed by atoms with van der Waals surface area (Å²) >= 11 is 1.55. The fraction of sp³-hybridized carbons (Fsp3) is 0.0556. The van der Waals surface area contributed by atoms with E-state index in [9.17, 15) is 4.79 Å². The molecule has 0 aliphatic heterocycles. The summed E-state index contributed by atoms with van der Waals surface area (Å²) < 4.78 is 0. The molecule has 4 aromatic rings. The van der Waals surface area contributed by atoms with Crippen LogP contribution >= 0.6 is 11.3 Å². The highest BCUT2D eigenvalue weighted by atomic mass is 32.1. The van der Waals surface area contributed by atoms with Crippen molar-refractivity contribution in [3.05, 3.63) is 65.4 Å². The van der Waals surface area contributed by atoms with E-state index in [2.05, 4.69) is 20.3 Å². The van der Waals surface area contributed by atoms with Gasteiger partial charge in [-0.3, -0.25) is 4.79 Å².